The molecule has 1 unspecified atom stereocenters. The molecule has 6 heteroatoms. The standard InChI is InChI=1S/C14H20F2N2OS/c1-9(2)7-11(8-17)18-13(19)10-3-5-12(6-4-10)20-14(15)16/h3-6,9,11,14H,7-8,17H2,1-2H3,(H,18,19). The Morgan fingerprint density at radius 2 is 1.90 bits per heavy atom. The van der Waals surface area contributed by atoms with Crippen molar-refractivity contribution in [1.82, 2.24) is 5.32 Å². The van der Waals surface area contributed by atoms with Crippen molar-refractivity contribution in [2.45, 2.75) is 37.0 Å². The highest BCUT2D eigenvalue weighted by Gasteiger charge is 2.14. The van der Waals surface area contributed by atoms with Gasteiger partial charge in [0.1, 0.15) is 0 Å². The van der Waals surface area contributed by atoms with Crippen LogP contribution in [-0.4, -0.2) is 24.3 Å². The zero-order valence-corrected chi connectivity index (χ0v) is 12.4. The average molecular weight is 302 g/mol. The molecule has 0 spiro atoms. The van der Waals surface area contributed by atoms with Gasteiger partial charge in [-0.3, -0.25) is 4.79 Å². The monoisotopic (exact) mass is 302 g/mol. The Hall–Kier alpha value is -1.14. The Morgan fingerprint density at radius 3 is 2.35 bits per heavy atom. The topological polar surface area (TPSA) is 55.1 Å². The Morgan fingerprint density at radius 1 is 1.30 bits per heavy atom. The number of thioether (sulfide) groups is 1. The molecule has 0 aliphatic heterocycles. The van der Waals surface area contributed by atoms with Gasteiger partial charge in [-0.25, -0.2) is 0 Å². The van der Waals surface area contributed by atoms with Gasteiger partial charge in [-0.05, 0) is 36.6 Å². The van der Waals surface area contributed by atoms with Crippen molar-refractivity contribution in [1.29, 1.82) is 0 Å². The Labute approximate surface area is 122 Å². The van der Waals surface area contributed by atoms with Crippen LogP contribution in [0, 0.1) is 5.92 Å². The smallest absolute Gasteiger partial charge is 0.288 e. The fraction of sp³-hybridized carbons (Fsp3) is 0.500. The molecule has 0 aliphatic rings. The molecule has 0 saturated heterocycles. The summed E-state index contributed by atoms with van der Waals surface area (Å²) in [7, 11) is 0. The van der Waals surface area contributed by atoms with E-state index in [4.69, 9.17) is 5.73 Å². The summed E-state index contributed by atoms with van der Waals surface area (Å²) < 4.78 is 24.4. The molecular formula is C14H20F2N2OS. The summed E-state index contributed by atoms with van der Waals surface area (Å²) in [4.78, 5) is 12.4. The van der Waals surface area contributed by atoms with Crippen molar-refractivity contribution < 1.29 is 13.6 Å². The van der Waals surface area contributed by atoms with Crippen LogP contribution >= 0.6 is 11.8 Å². The quantitative estimate of drug-likeness (QED) is 0.761. The summed E-state index contributed by atoms with van der Waals surface area (Å²) in [6, 6.07) is 6.06. The van der Waals surface area contributed by atoms with Crippen molar-refractivity contribution >= 4 is 17.7 Å². The van der Waals surface area contributed by atoms with Crippen molar-refractivity contribution in [2.75, 3.05) is 6.54 Å². The number of rotatable bonds is 7. The number of benzene rings is 1. The maximum absolute atomic E-state index is 12.2. The van der Waals surface area contributed by atoms with Gasteiger partial charge < -0.3 is 11.1 Å². The molecule has 0 aromatic heterocycles. The third kappa shape index (κ3) is 5.88. The van der Waals surface area contributed by atoms with Crippen LogP contribution in [0.3, 0.4) is 0 Å². The van der Waals surface area contributed by atoms with E-state index in [-0.39, 0.29) is 11.9 Å². The first-order valence-corrected chi connectivity index (χ1v) is 7.36. The zero-order chi connectivity index (χ0) is 15.1. The molecule has 0 aliphatic carbocycles. The second-order valence-electron chi connectivity index (χ2n) is 4.94. The molecule has 20 heavy (non-hydrogen) atoms. The van der Waals surface area contributed by atoms with Crippen molar-refractivity contribution in [3.05, 3.63) is 29.8 Å². The molecule has 3 nitrogen and oxygen atoms in total. The van der Waals surface area contributed by atoms with Crippen LogP contribution in [0.2, 0.25) is 0 Å². The molecule has 0 bridgehead atoms. The SMILES string of the molecule is CC(C)CC(CN)NC(=O)c1ccc(SC(F)F)cc1. The molecule has 1 rings (SSSR count). The summed E-state index contributed by atoms with van der Waals surface area (Å²) >= 11 is 0.461. The number of hydrogen-bond donors (Lipinski definition) is 2. The lowest BCUT2D eigenvalue weighted by Gasteiger charge is -2.18. The number of halogens is 2. The molecule has 0 radical (unpaired) electrons. The van der Waals surface area contributed by atoms with E-state index in [0.717, 1.165) is 6.42 Å². The Kier molecular flexibility index (Phi) is 6.95. The number of carbonyl (C=O) groups excluding carboxylic acids is 1. The largest absolute Gasteiger partial charge is 0.348 e. The number of nitrogens with one attached hydrogen (secondary N) is 1. The zero-order valence-electron chi connectivity index (χ0n) is 11.6. The lowest BCUT2D eigenvalue weighted by Crippen LogP contribution is -2.41. The third-order valence-electron chi connectivity index (χ3n) is 2.72. The molecule has 0 fully saturated rings. The fourth-order valence-electron chi connectivity index (χ4n) is 1.84. The van der Waals surface area contributed by atoms with Crippen LogP contribution in [0.1, 0.15) is 30.6 Å². The maximum Gasteiger partial charge on any atom is 0.288 e. The molecule has 0 heterocycles. The first kappa shape index (κ1) is 16.9. The Balaban J connectivity index is 2.62. The van der Waals surface area contributed by atoms with E-state index in [9.17, 15) is 13.6 Å². The second-order valence-corrected chi connectivity index (χ2v) is 6.00. The van der Waals surface area contributed by atoms with Crippen LogP contribution in [0.15, 0.2) is 29.2 Å². The highest BCUT2D eigenvalue weighted by molar-refractivity contribution is 7.99. The van der Waals surface area contributed by atoms with Gasteiger partial charge in [0.25, 0.3) is 11.7 Å². The molecular weight excluding hydrogens is 282 g/mol. The van der Waals surface area contributed by atoms with Crippen LogP contribution in [0.4, 0.5) is 8.78 Å². The van der Waals surface area contributed by atoms with Gasteiger partial charge in [-0.2, -0.15) is 8.78 Å². The van der Waals surface area contributed by atoms with Gasteiger partial charge >= 0.3 is 0 Å². The summed E-state index contributed by atoms with van der Waals surface area (Å²) in [6.07, 6.45) is 0.807. The fourth-order valence-corrected chi connectivity index (χ4v) is 2.34. The molecule has 1 aromatic carbocycles. The molecule has 3 N–H and O–H groups in total. The summed E-state index contributed by atoms with van der Waals surface area (Å²) in [6.45, 7) is 4.50. The van der Waals surface area contributed by atoms with E-state index < -0.39 is 5.76 Å². The summed E-state index contributed by atoms with van der Waals surface area (Å²) in [5, 5.41) is 2.86. The van der Waals surface area contributed by atoms with Crippen molar-refractivity contribution in [3.63, 3.8) is 0 Å². The van der Waals surface area contributed by atoms with Crippen LogP contribution in [-0.2, 0) is 0 Å². The van der Waals surface area contributed by atoms with E-state index >= 15 is 0 Å². The van der Waals surface area contributed by atoms with Gasteiger partial charge in [0.15, 0.2) is 0 Å². The highest BCUT2D eigenvalue weighted by atomic mass is 32.2. The first-order chi connectivity index (χ1) is 9.42. The highest BCUT2D eigenvalue weighted by Crippen LogP contribution is 2.25. The summed E-state index contributed by atoms with van der Waals surface area (Å²) in [5.74, 6) is -2.24. The van der Waals surface area contributed by atoms with E-state index in [1.165, 1.54) is 12.1 Å². The lowest BCUT2D eigenvalue weighted by molar-refractivity contribution is 0.0933. The minimum atomic E-state index is -2.46. The maximum atomic E-state index is 12.2. The normalized spacial score (nSPS) is 12.8. The van der Waals surface area contributed by atoms with E-state index in [0.29, 0.717) is 34.7 Å². The molecule has 112 valence electrons. The van der Waals surface area contributed by atoms with E-state index in [1.807, 2.05) is 0 Å². The number of hydrogen-bond acceptors (Lipinski definition) is 3. The van der Waals surface area contributed by atoms with Gasteiger partial charge in [-0.1, -0.05) is 25.6 Å². The average Bonchev–Trinajstić information content (AvgIpc) is 2.37. The second kappa shape index (κ2) is 8.21. The first-order valence-electron chi connectivity index (χ1n) is 6.48. The predicted molar refractivity (Wildman–Crippen MR) is 78.1 cm³/mol. The number of nitrogens with two attached hydrogens (primary N) is 1. The van der Waals surface area contributed by atoms with Crippen LogP contribution < -0.4 is 11.1 Å². The van der Waals surface area contributed by atoms with Crippen molar-refractivity contribution in [2.24, 2.45) is 11.7 Å². The van der Waals surface area contributed by atoms with E-state index in [2.05, 4.69) is 19.2 Å². The number of alkyl halides is 2. The third-order valence-corrected chi connectivity index (χ3v) is 3.44. The van der Waals surface area contributed by atoms with E-state index in [1.54, 1.807) is 12.1 Å². The van der Waals surface area contributed by atoms with Gasteiger partial charge in [0.2, 0.25) is 0 Å². The van der Waals surface area contributed by atoms with Gasteiger partial charge in [-0.15, -0.1) is 0 Å². The molecule has 1 amide bonds. The minimum Gasteiger partial charge on any atom is -0.348 e. The summed E-state index contributed by atoms with van der Waals surface area (Å²) in [5.41, 5.74) is 6.07. The molecule has 1 aromatic rings. The molecule has 0 saturated carbocycles. The van der Waals surface area contributed by atoms with Crippen LogP contribution in [0.5, 0.6) is 0 Å². The van der Waals surface area contributed by atoms with Gasteiger partial charge in [0.05, 0.1) is 0 Å². The Bertz CT molecular complexity index is 424. The number of amides is 1. The van der Waals surface area contributed by atoms with Gasteiger partial charge in [0, 0.05) is 23.0 Å². The minimum absolute atomic E-state index is 0.0717. The molecule has 1 atom stereocenters. The number of carbonyl (C=O) groups is 1. The predicted octanol–water partition coefficient (Wildman–Crippen LogP) is 3.10. The van der Waals surface area contributed by atoms with Crippen LogP contribution in [0.25, 0.3) is 0 Å². The van der Waals surface area contributed by atoms with Crippen molar-refractivity contribution in [3.8, 4) is 0 Å². The lowest BCUT2D eigenvalue weighted by atomic mass is 10.0.